The second-order valence-electron chi connectivity index (χ2n) is 5.67. The van der Waals surface area contributed by atoms with Gasteiger partial charge in [0, 0.05) is 44.2 Å². The Morgan fingerprint density at radius 3 is 2.41 bits per heavy atom. The van der Waals surface area contributed by atoms with E-state index in [0.717, 1.165) is 0 Å². The number of rotatable bonds is 4. The zero-order valence-electron chi connectivity index (χ0n) is 13.0. The molecule has 0 radical (unpaired) electrons. The van der Waals surface area contributed by atoms with Crippen molar-refractivity contribution in [2.75, 3.05) is 37.6 Å². The van der Waals surface area contributed by atoms with Crippen LogP contribution in [0.5, 0.6) is 0 Å². The maximum atomic E-state index is 14.1. The number of carbonyl (C=O) groups excluding carboxylic acids is 2. The van der Waals surface area contributed by atoms with E-state index in [1.54, 1.807) is 17.0 Å². The molecule has 1 aliphatic rings. The van der Waals surface area contributed by atoms with E-state index in [-0.39, 0.29) is 17.6 Å². The second kappa shape index (κ2) is 6.87. The monoisotopic (exact) mass is 307 g/mol. The van der Waals surface area contributed by atoms with E-state index < -0.39 is 5.82 Å². The Balaban J connectivity index is 2.03. The molecule has 2 rings (SSSR count). The highest BCUT2D eigenvalue weighted by Crippen LogP contribution is 2.22. The summed E-state index contributed by atoms with van der Waals surface area (Å²) in [4.78, 5) is 27.0. The molecule has 1 aliphatic heterocycles. The van der Waals surface area contributed by atoms with Crippen LogP contribution in [0.1, 0.15) is 24.2 Å². The first kappa shape index (κ1) is 16.4. The predicted octanol–water partition coefficient (Wildman–Crippen LogP) is 1.27. The van der Waals surface area contributed by atoms with Crippen molar-refractivity contribution in [1.82, 2.24) is 4.90 Å². The molecule has 0 spiro atoms. The van der Waals surface area contributed by atoms with E-state index in [9.17, 15) is 14.0 Å². The molecule has 5 nitrogen and oxygen atoms in total. The third-order valence-electron chi connectivity index (χ3n) is 4.06. The van der Waals surface area contributed by atoms with Crippen molar-refractivity contribution in [1.29, 1.82) is 0 Å². The van der Waals surface area contributed by atoms with Gasteiger partial charge in [-0.25, -0.2) is 4.39 Å². The van der Waals surface area contributed by atoms with E-state index in [1.165, 1.54) is 13.0 Å². The van der Waals surface area contributed by atoms with Crippen LogP contribution in [-0.4, -0.2) is 49.3 Å². The minimum atomic E-state index is -0.400. The molecule has 1 atom stereocenters. The molecule has 0 saturated carbocycles. The first-order valence-corrected chi connectivity index (χ1v) is 7.48. The number of piperazine rings is 1. The van der Waals surface area contributed by atoms with Gasteiger partial charge in [-0.05, 0) is 25.1 Å². The summed E-state index contributed by atoms with van der Waals surface area (Å²) in [5.74, 6) is -0.688. The fraction of sp³-hybridized carbons (Fsp3) is 0.500. The molecule has 2 N–H and O–H groups in total. The normalized spacial score (nSPS) is 16.5. The molecule has 1 amide bonds. The van der Waals surface area contributed by atoms with Crippen molar-refractivity contribution in [2.45, 2.75) is 13.8 Å². The quantitative estimate of drug-likeness (QED) is 0.851. The zero-order valence-corrected chi connectivity index (χ0v) is 13.0. The number of carbonyl (C=O) groups is 2. The van der Waals surface area contributed by atoms with Crippen molar-refractivity contribution in [3.63, 3.8) is 0 Å². The van der Waals surface area contributed by atoms with Gasteiger partial charge in [-0.3, -0.25) is 9.59 Å². The Kier molecular flexibility index (Phi) is 5.13. The van der Waals surface area contributed by atoms with E-state index >= 15 is 0 Å². The lowest BCUT2D eigenvalue weighted by atomic mass is 10.1. The molecular formula is C16H22FN3O2. The summed E-state index contributed by atoms with van der Waals surface area (Å²) >= 11 is 0. The van der Waals surface area contributed by atoms with Gasteiger partial charge in [0.1, 0.15) is 5.82 Å². The standard InChI is InChI=1S/C16H22FN3O2/c1-11(10-18)16(22)20-7-5-19(6-8-20)15-4-3-13(12(2)21)9-14(15)17/h3-4,9,11H,5-8,10,18H2,1-2H3. The summed E-state index contributed by atoms with van der Waals surface area (Å²) < 4.78 is 14.1. The van der Waals surface area contributed by atoms with Crippen molar-refractivity contribution in [3.8, 4) is 0 Å². The average Bonchev–Trinajstić information content (AvgIpc) is 2.53. The largest absolute Gasteiger partial charge is 0.366 e. The third-order valence-corrected chi connectivity index (χ3v) is 4.06. The summed E-state index contributed by atoms with van der Waals surface area (Å²) in [6.07, 6.45) is 0. The molecule has 0 aromatic heterocycles. The van der Waals surface area contributed by atoms with Crippen LogP contribution in [0.2, 0.25) is 0 Å². The van der Waals surface area contributed by atoms with Crippen LogP contribution in [0, 0.1) is 11.7 Å². The van der Waals surface area contributed by atoms with Crippen LogP contribution >= 0.6 is 0 Å². The smallest absolute Gasteiger partial charge is 0.226 e. The lowest BCUT2D eigenvalue weighted by molar-refractivity contribution is -0.134. The van der Waals surface area contributed by atoms with Gasteiger partial charge in [-0.1, -0.05) is 6.92 Å². The number of anilines is 1. The minimum absolute atomic E-state index is 0.0505. The van der Waals surface area contributed by atoms with Crippen LogP contribution in [0.25, 0.3) is 0 Å². The van der Waals surface area contributed by atoms with Crippen LogP contribution in [-0.2, 0) is 4.79 Å². The van der Waals surface area contributed by atoms with Crippen LogP contribution in [0.4, 0.5) is 10.1 Å². The number of nitrogens with two attached hydrogens (primary N) is 1. The van der Waals surface area contributed by atoms with Crippen molar-refractivity contribution in [3.05, 3.63) is 29.6 Å². The van der Waals surface area contributed by atoms with Gasteiger partial charge in [-0.2, -0.15) is 0 Å². The number of nitrogens with zero attached hydrogens (tertiary/aromatic N) is 2. The lowest BCUT2D eigenvalue weighted by Gasteiger charge is -2.37. The summed E-state index contributed by atoms with van der Waals surface area (Å²) in [6, 6.07) is 4.53. The van der Waals surface area contributed by atoms with Gasteiger partial charge in [0.05, 0.1) is 5.69 Å². The summed E-state index contributed by atoms with van der Waals surface area (Å²) in [6.45, 7) is 5.80. The Morgan fingerprint density at radius 2 is 1.91 bits per heavy atom. The summed E-state index contributed by atoms with van der Waals surface area (Å²) in [7, 11) is 0. The van der Waals surface area contributed by atoms with Crippen molar-refractivity contribution < 1.29 is 14.0 Å². The van der Waals surface area contributed by atoms with Crippen LogP contribution < -0.4 is 10.6 Å². The Hall–Kier alpha value is -1.95. The number of hydrogen-bond donors (Lipinski definition) is 1. The Labute approximate surface area is 129 Å². The topological polar surface area (TPSA) is 66.6 Å². The second-order valence-corrected chi connectivity index (χ2v) is 5.67. The number of halogens is 1. The molecule has 6 heteroatoms. The van der Waals surface area contributed by atoms with Crippen LogP contribution in [0.3, 0.4) is 0 Å². The predicted molar refractivity (Wildman–Crippen MR) is 83.4 cm³/mol. The highest BCUT2D eigenvalue weighted by atomic mass is 19.1. The number of amides is 1. The van der Waals surface area contributed by atoms with Gasteiger partial charge in [0.25, 0.3) is 0 Å². The molecule has 1 saturated heterocycles. The van der Waals surface area contributed by atoms with Gasteiger partial charge in [-0.15, -0.1) is 0 Å². The summed E-state index contributed by atoms with van der Waals surface area (Å²) in [5.41, 5.74) is 6.36. The first-order valence-electron chi connectivity index (χ1n) is 7.48. The highest BCUT2D eigenvalue weighted by molar-refractivity contribution is 5.94. The molecule has 1 aromatic rings. The fourth-order valence-corrected chi connectivity index (χ4v) is 2.56. The number of hydrogen-bond acceptors (Lipinski definition) is 4. The molecule has 0 aliphatic carbocycles. The molecule has 1 fully saturated rings. The van der Waals surface area contributed by atoms with Gasteiger partial charge >= 0.3 is 0 Å². The molecule has 0 bridgehead atoms. The molecular weight excluding hydrogens is 285 g/mol. The molecule has 1 aromatic carbocycles. The number of benzene rings is 1. The number of ketones is 1. The first-order chi connectivity index (χ1) is 10.4. The zero-order chi connectivity index (χ0) is 16.3. The maximum absolute atomic E-state index is 14.1. The molecule has 120 valence electrons. The van der Waals surface area contributed by atoms with Crippen molar-refractivity contribution >= 4 is 17.4 Å². The van der Waals surface area contributed by atoms with Gasteiger partial charge < -0.3 is 15.5 Å². The summed E-state index contributed by atoms with van der Waals surface area (Å²) in [5, 5.41) is 0. The SMILES string of the molecule is CC(=O)c1ccc(N2CCN(C(=O)C(C)CN)CC2)c(F)c1. The lowest BCUT2D eigenvalue weighted by Crippen LogP contribution is -2.51. The van der Waals surface area contributed by atoms with E-state index in [0.29, 0.717) is 44.0 Å². The van der Waals surface area contributed by atoms with Crippen LogP contribution in [0.15, 0.2) is 18.2 Å². The van der Waals surface area contributed by atoms with Gasteiger partial charge in [0.2, 0.25) is 5.91 Å². The average molecular weight is 307 g/mol. The molecule has 1 heterocycles. The Morgan fingerprint density at radius 1 is 1.27 bits per heavy atom. The van der Waals surface area contributed by atoms with Crippen molar-refractivity contribution in [2.24, 2.45) is 11.7 Å². The minimum Gasteiger partial charge on any atom is -0.366 e. The third kappa shape index (κ3) is 3.44. The van der Waals surface area contributed by atoms with Gasteiger partial charge in [0.15, 0.2) is 5.78 Å². The maximum Gasteiger partial charge on any atom is 0.226 e. The van der Waals surface area contributed by atoms with E-state index in [1.807, 2.05) is 11.8 Å². The number of Topliss-reactive ketones (excluding diaryl/α,β-unsaturated/α-hetero) is 1. The highest BCUT2D eigenvalue weighted by Gasteiger charge is 2.25. The Bertz CT molecular complexity index is 569. The fourth-order valence-electron chi connectivity index (χ4n) is 2.56. The van der Waals surface area contributed by atoms with E-state index in [2.05, 4.69) is 0 Å². The molecule has 1 unspecified atom stereocenters. The molecule has 22 heavy (non-hydrogen) atoms. The van der Waals surface area contributed by atoms with E-state index in [4.69, 9.17) is 5.73 Å².